The van der Waals surface area contributed by atoms with E-state index in [9.17, 15) is 8.78 Å². The quantitative estimate of drug-likeness (QED) is 0.432. The van der Waals surface area contributed by atoms with E-state index in [4.69, 9.17) is 0 Å². The Morgan fingerprint density at radius 3 is 2.22 bits per heavy atom. The average Bonchev–Trinajstić information content (AvgIpc) is 2.50. The van der Waals surface area contributed by atoms with Crippen molar-refractivity contribution in [2.45, 2.75) is 13.0 Å². The summed E-state index contributed by atoms with van der Waals surface area (Å²) >= 11 is 0. The van der Waals surface area contributed by atoms with Gasteiger partial charge in [0.2, 0.25) is 0 Å². The Morgan fingerprint density at radius 1 is 0.957 bits per heavy atom. The van der Waals surface area contributed by atoms with Gasteiger partial charge in [-0.2, -0.15) is 0 Å². The number of benzene rings is 2. The van der Waals surface area contributed by atoms with Crippen LogP contribution in [0, 0.1) is 11.6 Å². The maximum absolute atomic E-state index is 13.1. The first-order valence-corrected chi connectivity index (χ1v) is 7.11. The van der Waals surface area contributed by atoms with Gasteiger partial charge in [0.05, 0.1) is 0 Å². The number of guanidine groups is 1. The first-order chi connectivity index (χ1) is 10.7. The maximum Gasteiger partial charge on any atom is 0.191 e. The lowest BCUT2D eigenvalue weighted by Gasteiger charge is -2.12. The van der Waals surface area contributed by atoms with Crippen molar-refractivity contribution >= 4 is 29.9 Å². The predicted molar refractivity (Wildman–Crippen MR) is 100 cm³/mol. The van der Waals surface area contributed by atoms with Crippen LogP contribution in [0.15, 0.2) is 53.5 Å². The summed E-state index contributed by atoms with van der Waals surface area (Å²) in [5.74, 6) is -0.455. The number of aliphatic imine (C=N–C) groups is 1. The Bertz CT molecular complexity index is 613. The summed E-state index contributed by atoms with van der Waals surface area (Å²) in [7, 11) is 1.68. The van der Waals surface area contributed by atoms with Gasteiger partial charge < -0.3 is 10.6 Å². The van der Waals surface area contributed by atoms with Crippen molar-refractivity contribution in [1.82, 2.24) is 10.6 Å². The molecule has 0 saturated carbocycles. The molecule has 0 spiro atoms. The van der Waals surface area contributed by atoms with Crippen molar-refractivity contribution in [1.29, 1.82) is 0 Å². The van der Waals surface area contributed by atoms with Gasteiger partial charge in [0.1, 0.15) is 11.6 Å². The van der Waals surface area contributed by atoms with Crippen LogP contribution < -0.4 is 10.6 Å². The highest BCUT2D eigenvalue weighted by molar-refractivity contribution is 14.0. The van der Waals surface area contributed by atoms with E-state index in [-0.39, 0.29) is 24.0 Å². The van der Waals surface area contributed by atoms with Crippen LogP contribution in [0.2, 0.25) is 0 Å². The molecular weight excluding hydrogens is 411 g/mol. The molecule has 2 rings (SSSR count). The fraction of sp³-hybridized carbons (Fsp3) is 0.235. The molecule has 0 atom stereocenters. The Morgan fingerprint density at radius 2 is 1.61 bits per heavy atom. The highest BCUT2D eigenvalue weighted by Gasteiger charge is 2.02. The molecule has 6 heteroatoms. The summed E-state index contributed by atoms with van der Waals surface area (Å²) in [4.78, 5) is 4.12. The molecule has 0 radical (unpaired) electrons. The van der Waals surface area contributed by atoms with Crippen LogP contribution in [0.3, 0.4) is 0 Å². The molecule has 3 nitrogen and oxygen atoms in total. The van der Waals surface area contributed by atoms with Crippen molar-refractivity contribution in [3.8, 4) is 0 Å². The van der Waals surface area contributed by atoms with Gasteiger partial charge in [-0.3, -0.25) is 4.99 Å². The van der Waals surface area contributed by atoms with Crippen molar-refractivity contribution < 1.29 is 8.78 Å². The van der Waals surface area contributed by atoms with Crippen molar-refractivity contribution in [2.75, 3.05) is 13.6 Å². The third-order valence-corrected chi connectivity index (χ3v) is 3.15. The summed E-state index contributed by atoms with van der Waals surface area (Å²) in [6, 6.07) is 13.5. The fourth-order valence-electron chi connectivity index (χ4n) is 2.08. The van der Waals surface area contributed by atoms with Gasteiger partial charge >= 0.3 is 0 Å². The van der Waals surface area contributed by atoms with Gasteiger partial charge in [0, 0.05) is 26.2 Å². The fourth-order valence-corrected chi connectivity index (χ4v) is 2.08. The minimum absolute atomic E-state index is 0. The Labute approximate surface area is 152 Å². The lowest BCUT2D eigenvalue weighted by atomic mass is 10.1. The molecule has 0 heterocycles. The van der Waals surface area contributed by atoms with Gasteiger partial charge in [0.25, 0.3) is 0 Å². The molecule has 0 unspecified atom stereocenters. The van der Waals surface area contributed by atoms with Crippen LogP contribution in [0.4, 0.5) is 8.78 Å². The second-order valence-electron chi connectivity index (χ2n) is 4.87. The molecule has 0 bridgehead atoms. The zero-order chi connectivity index (χ0) is 15.8. The molecule has 2 aromatic rings. The van der Waals surface area contributed by atoms with Gasteiger partial charge in [-0.05, 0) is 29.7 Å². The molecule has 124 valence electrons. The molecule has 0 saturated heterocycles. The molecular formula is C17H20F2IN3. The van der Waals surface area contributed by atoms with Crippen LogP contribution in [0.5, 0.6) is 0 Å². The standard InChI is InChI=1S/C17H19F2N3.HI/c1-20-17(22-12-13-5-3-2-4-6-13)21-8-7-14-9-15(18)11-16(19)10-14;/h2-6,9-11H,7-8,12H2,1H3,(H2,20,21,22);1H. The van der Waals surface area contributed by atoms with Crippen LogP contribution in [-0.2, 0) is 13.0 Å². The van der Waals surface area contributed by atoms with Crippen molar-refractivity contribution in [2.24, 2.45) is 4.99 Å². The second kappa shape index (κ2) is 10.1. The largest absolute Gasteiger partial charge is 0.356 e. The number of nitrogens with zero attached hydrogens (tertiary/aromatic N) is 1. The van der Waals surface area contributed by atoms with Crippen LogP contribution >= 0.6 is 24.0 Å². The van der Waals surface area contributed by atoms with Gasteiger partial charge in [-0.25, -0.2) is 8.78 Å². The summed E-state index contributed by atoms with van der Waals surface area (Å²) in [6.07, 6.45) is 0.515. The lowest BCUT2D eigenvalue weighted by Crippen LogP contribution is -2.37. The first-order valence-electron chi connectivity index (χ1n) is 7.11. The highest BCUT2D eigenvalue weighted by Crippen LogP contribution is 2.08. The number of rotatable bonds is 5. The molecule has 0 aliphatic carbocycles. The monoisotopic (exact) mass is 431 g/mol. The molecule has 2 N–H and O–H groups in total. The van der Waals surface area contributed by atoms with E-state index >= 15 is 0 Å². The normalized spacial score (nSPS) is 10.8. The number of hydrogen-bond donors (Lipinski definition) is 2. The molecule has 23 heavy (non-hydrogen) atoms. The van der Waals surface area contributed by atoms with Gasteiger partial charge in [0.15, 0.2) is 5.96 Å². The summed E-state index contributed by atoms with van der Waals surface area (Å²) in [5, 5.41) is 6.31. The SMILES string of the molecule is CN=C(NCCc1cc(F)cc(F)c1)NCc1ccccc1.I. The Balaban J connectivity index is 0.00000264. The molecule has 0 aliphatic heterocycles. The van der Waals surface area contributed by atoms with Gasteiger partial charge in [-0.15, -0.1) is 24.0 Å². The van der Waals surface area contributed by atoms with E-state index in [1.54, 1.807) is 7.05 Å². The summed E-state index contributed by atoms with van der Waals surface area (Å²) in [6.45, 7) is 1.20. The van der Waals surface area contributed by atoms with Crippen LogP contribution in [0.1, 0.15) is 11.1 Å². The van der Waals surface area contributed by atoms with Gasteiger partial charge in [-0.1, -0.05) is 30.3 Å². The van der Waals surface area contributed by atoms with Crippen LogP contribution in [0.25, 0.3) is 0 Å². The Kier molecular flexibility index (Phi) is 8.53. The third kappa shape index (κ3) is 6.94. The van der Waals surface area contributed by atoms with E-state index in [2.05, 4.69) is 15.6 Å². The zero-order valence-corrected chi connectivity index (χ0v) is 15.2. The minimum atomic E-state index is -0.554. The molecule has 0 aliphatic rings. The van der Waals surface area contributed by atoms with Crippen molar-refractivity contribution in [3.05, 3.63) is 71.3 Å². The summed E-state index contributed by atoms with van der Waals surface area (Å²) < 4.78 is 26.2. The number of hydrogen-bond acceptors (Lipinski definition) is 1. The third-order valence-electron chi connectivity index (χ3n) is 3.15. The van der Waals surface area contributed by atoms with Crippen LogP contribution in [-0.4, -0.2) is 19.6 Å². The number of halogens is 3. The van der Waals surface area contributed by atoms with E-state index < -0.39 is 11.6 Å². The minimum Gasteiger partial charge on any atom is -0.356 e. The zero-order valence-electron chi connectivity index (χ0n) is 12.9. The topological polar surface area (TPSA) is 36.4 Å². The smallest absolute Gasteiger partial charge is 0.191 e. The molecule has 0 amide bonds. The summed E-state index contributed by atoms with van der Waals surface area (Å²) in [5.41, 5.74) is 1.76. The first kappa shape index (κ1) is 19.3. The second-order valence-corrected chi connectivity index (χ2v) is 4.87. The predicted octanol–water partition coefficient (Wildman–Crippen LogP) is 3.49. The molecule has 0 fully saturated rings. The average molecular weight is 431 g/mol. The Hall–Kier alpha value is -1.70. The molecule has 2 aromatic carbocycles. The number of nitrogens with one attached hydrogen (secondary N) is 2. The van der Waals surface area contributed by atoms with Crippen molar-refractivity contribution in [3.63, 3.8) is 0 Å². The van der Waals surface area contributed by atoms with E-state index in [0.29, 0.717) is 31.0 Å². The highest BCUT2D eigenvalue weighted by atomic mass is 127. The van der Waals surface area contributed by atoms with E-state index in [1.165, 1.54) is 12.1 Å². The van der Waals surface area contributed by atoms with E-state index in [1.807, 2.05) is 30.3 Å². The maximum atomic E-state index is 13.1. The lowest BCUT2D eigenvalue weighted by molar-refractivity contribution is 0.579. The molecule has 0 aromatic heterocycles. The van der Waals surface area contributed by atoms with E-state index in [0.717, 1.165) is 11.6 Å².